The molecule has 3 fully saturated rings. The van der Waals surface area contributed by atoms with Crippen molar-refractivity contribution in [1.29, 1.82) is 0 Å². The topological polar surface area (TPSA) is 32.8 Å². The van der Waals surface area contributed by atoms with Crippen LogP contribution in [0.25, 0.3) is 0 Å². The van der Waals surface area contributed by atoms with Crippen LogP contribution < -0.4 is 0 Å². The molecule has 4 nitrogen and oxygen atoms in total. The first-order valence-corrected chi connectivity index (χ1v) is 8.66. The molecule has 3 aliphatic heterocycles. The van der Waals surface area contributed by atoms with Gasteiger partial charge in [0.2, 0.25) is 0 Å². The summed E-state index contributed by atoms with van der Waals surface area (Å²) < 4.78 is 5.61. The summed E-state index contributed by atoms with van der Waals surface area (Å²) in [5.74, 6) is 0.560. The van der Waals surface area contributed by atoms with E-state index in [1.54, 1.807) is 0 Å². The molecule has 0 N–H and O–H groups in total. The van der Waals surface area contributed by atoms with Crippen molar-refractivity contribution in [2.24, 2.45) is 5.92 Å². The smallest absolute Gasteiger partial charge is 0.410 e. The highest BCUT2D eigenvalue weighted by Crippen LogP contribution is 2.30. The number of hydrogen-bond donors (Lipinski definition) is 0. The zero-order valence-corrected chi connectivity index (χ0v) is 14.5. The molecule has 4 heteroatoms. The number of nitrogens with zero attached hydrogens (tertiary/aromatic N) is 2. The van der Waals surface area contributed by atoms with Crippen molar-refractivity contribution >= 4 is 6.09 Å². The van der Waals surface area contributed by atoms with Crippen molar-refractivity contribution in [3.05, 3.63) is 35.9 Å². The summed E-state index contributed by atoms with van der Waals surface area (Å²) in [5.41, 5.74) is 0.921. The molecular formula is C19H28N2O2. The first kappa shape index (κ1) is 16.3. The second kappa shape index (κ2) is 6.52. The third kappa shape index (κ3) is 4.25. The van der Waals surface area contributed by atoms with Crippen molar-refractivity contribution in [2.75, 3.05) is 19.6 Å². The van der Waals surface area contributed by atoms with Crippen LogP contribution in [0.4, 0.5) is 4.79 Å². The quantitative estimate of drug-likeness (QED) is 0.837. The van der Waals surface area contributed by atoms with E-state index in [2.05, 4.69) is 35.2 Å². The van der Waals surface area contributed by atoms with Crippen LogP contribution in [0.5, 0.6) is 0 Å². The van der Waals surface area contributed by atoms with E-state index in [-0.39, 0.29) is 12.1 Å². The molecule has 1 aromatic rings. The zero-order valence-electron chi connectivity index (χ0n) is 14.5. The second-order valence-corrected chi connectivity index (χ2v) is 7.91. The lowest BCUT2D eigenvalue weighted by Crippen LogP contribution is -2.49. The highest BCUT2D eigenvalue weighted by molar-refractivity contribution is 5.68. The third-order valence-electron chi connectivity index (χ3n) is 4.67. The Morgan fingerprint density at radius 3 is 2.57 bits per heavy atom. The SMILES string of the molecule is CC(C)(C)OC(=O)N1CC2CCC1CN(Cc1ccccc1)C2. The van der Waals surface area contributed by atoms with Gasteiger partial charge in [-0.15, -0.1) is 0 Å². The lowest BCUT2D eigenvalue weighted by molar-refractivity contribution is 0.00743. The fraction of sp³-hybridized carbons (Fsp3) is 0.632. The Morgan fingerprint density at radius 2 is 1.87 bits per heavy atom. The highest BCUT2D eigenvalue weighted by atomic mass is 16.6. The van der Waals surface area contributed by atoms with Crippen LogP contribution in [0.2, 0.25) is 0 Å². The average Bonchev–Trinajstić information content (AvgIpc) is 2.77. The molecular weight excluding hydrogens is 288 g/mol. The van der Waals surface area contributed by atoms with Crippen LogP contribution in [-0.2, 0) is 11.3 Å². The number of rotatable bonds is 2. The van der Waals surface area contributed by atoms with E-state index >= 15 is 0 Å². The maximum atomic E-state index is 12.5. The molecule has 0 aliphatic carbocycles. The zero-order chi connectivity index (χ0) is 16.4. The van der Waals surface area contributed by atoms with Gasteiger partial charge < -0.3 is 9.64 Å². The van der Waals surface area contributed by atoms with E-state index in [0.29, 0.717) is 5.92 Å². The van der Waals surface area contributed by atoms with Crippen LogP contribution in [0, 0.1) is 5.92 Å². The van der Waals surface area contributed by atoms with E-state index in [1.165, 1.54) is 12.0 Å². The highest BCUT2D eigenvalue weighted by Gasteiger charge is 2.38. The van der Waals surface area contributed by atoms with E-state index in [9.17, 15) is 4.79 Å². The van der Waals surface area contributed by atoms with E-state index in [1.807, 2.05) is 25.7 Å². The van der Waals surface area contributed by atoms with Gasteiger partial charge in [-0.3, -0.25) is 4.90 Å². The van der Waals surface area contributed by atoms with Crippen LogP contribution >= 0.6 is 0 Å². The maximum Gasteiger partial charge on any atom is 0.410 e. The standard InChI is InChI=1S/C19H28N2O2/c1-19(2,3)23-18(22)21-13-16-9-10-17(21)14-20(12-16)11-15-7-5-4-6-8-15/h4-8,16-17H,9-14H2,1-3H3. The van der Waals surface area contributed by atoms with Crippen LogP contribution in [0.15, 0.2) is 30.3 Å². The molecule has 3 aliphatic rings. The van der Waals surface area contributed by atoms with Crippen LogP contribution in [0.3, 0.4) is 0 Å². The van der Waals surface area contributed by atoms with Crippen LogP contribution in [-0.4, -0.2) is 47.2 Å². The minimum absolute atomic E-state index is 0.145. The van der Waals surface area contributed by atoms with Gasteiger partial charge in [-0.2, -0.15) is 0 Å². The number of hydrogen-bond acceptors (Lipinski definition) is 3. The Kier molecular flexibility index (Phi) is 4.62. The van der Waals surface area contributed by atoms with Crippen molar-refractivity contribution in [3.63, 3.8) is 0 Å². The number of piperidine rings is 1. The number of benzene rings is 1. The second-order valence-electron chi connectivity index (χ2n) is 7.91. The molecule has 2 atom stereocenters. The number of amides is 1. The van der Waals surface area contributed by atoms with E-state index < -0.39 is 5.60 Å². The Bertz CT molecular complexity index is 538. The first-order chi connectivity index (χ1) is 10.9. The molecule has 2 unspecified atom stereocenters. The predicted octanol–water partition coefficient (Wildman–Crippen LogP) is 3.52. The summed E-state index contributed by atoms with van der Waals surface area (Å²) in [7, 11) is 0. The van der Waals surface area contributed by atoms with Gasteiger partial charge in [0.1, 0.15) is 5.60 Å². The summed E-state index contributed by atoms with van der Waals surface area (Å²) in [5, 5.41) is 0. The molecule has 3 heterocycles. The summed E-state index contributed by atoms with van der Waals surface area (Å²) in [6.07, 6.45) is 2.17. The van der Waals surface area contributed by atoms with Crippen LogP contribution in [0.1, 0.15) is 39.2 Å². The summed E-state index contributed by atoms with van der Waals surface area (Å²) >= 11 is 0. The third-order valence-corrected chi connectivity index (χ3v) is 4.67. The fourth-order valence-electron chi connectivity index (χ4n) is 3.69. The summed E-state index contributed by atoms with van der Waals surface area (Å²) in [4.78, 5) is 17.0. The number of ether oxygens (including phenoxy) is 1. The lowest BCUT2D eigenvalue weighted by atomic mass is 9.95. The molecule has 2 bridgehead atoms. The van der Waals surface area contributed by atoms with Gasteiger partial charge >= 0.3 is 6.09 Å². The number of carbonyl (C=O) groups excluding carboxylic acids is 1. The Hall–Kier alpha value is -1.55. The van der Waals surface area contributed by atoms with Gasteiger partial charge in [-0.25, -0.2) is 4.79 Å². The molecule has 23 heavy (non-hydrogen) atoms. The molecule has 0 aromatic heterocycles. The largest absolute Gasteiger partial charge is 0.444 e. The van der Waals surface area contributed by atoms with Crippen molar-refractivity contribution in [3.8, 4) is 0 Å². The van der Waals surface area contributed by atoms with E-state index in [0.717, 1.165) is 32.6 Å². The molecule has 0 saturated carbocycles. The Balaban J connectivity index is 1.67. The van der Waals surface area contributed by atoms with Crippen molar-refractivity contribution in [2.45, 2.75) is 51.8 Å². The number of fused-ring (bicyclic) bond motifs is 4. The van der Waals surface area contributed by atoms with Gasteiger partial charge in [0, 0.05) is 32.2 Å². The Morgan fingerprint density at radius 1 is 1.13 bits per heavy atom. The fourth-order valence-corrected chi connectivity index (χ4v) is 3.69. The van der Waals surface area contributed by atoms with Gasteiger partial charge in [-0.05, 0) is 45.1 Å². The van der Waals surface area contributed by atoms with Gasteiger partial charge in [0.25, 0.3) is 0 Å². The molecule has 1 aromatic carbocycles. The maximum absolute atomic E-state index is 12.5. The summed E-state index contributed by atoms with van der Waals surface area (Å²) in [6, 6.07) is 10.9. The van der Waals surface area contributed by atoms with Crippen molar-refractivity contribution < 1.29 is 9.53 Å². The average molecular weight is 316 g/mol. The molecule has 1 amide bonds. The predicted molar refractivity (Wildman–Crippen MR) is 91.2 cm³/mol. The summed E-state index contributed by atoms with van der Waals surface area (Å²) in [6.45, 7) is 9.63. The number of carbonyl (C=O) groups is 1. The normalized spacial score (nSPS) is 25.3. The molecule has 3 saturated heterocycles. The monoisotopic (exact) mass is 316 g/mol. The van der Waals surface area contributed by atoms with Gasteiger partial charge in [0.05, 0.1) is 0 Å². The van der Waals surface area contributed by atoms with Gasteiger partial charge in [0.15, 0.2) is 0 Å². The lowest BCUT2D eigenvalue weighted by Gasteiger charge is -2.37. The molecule has 0 spiro atoms. The molecule has 4 rings (SSSR count). The Labute approximate surface area is 139 Å². The molecule has 0 radical (unpaired) electrons. The van der Waals surface area contributed by atoms with E-state index in [4.69, 9.17) is 4.74 Å². The minimum Gasteiger partial charge on any atom is -0.444 e. The molecule has 126 valence electrons. The minimum atomic E-state index is -0.424. The first-order valence-electron chi connectivity index (χ1n) is 8.66. The van der Waals surface area contributed by atoms with Crippen molar-refractivity contribution in [1.82, 2.24) is 9.80 Å². The van der Waals surface area contributed by atoms with Gasteiger partial charge in [-0.1, -0.05) is 30.3 Å².